The molecular formula is C17H22N4O2. The number of amides is 1. The van der Waals surface area contributed by atoms with E-state index in [1.165, 1.54) is 5.56 Å². The lowest BCUT2D eigenvalue weighted by molar-refractivity contribution is -0.00697. The van der Waals surface area contributed by atoms with Crippen LogP contribution in [0.4, 0.5) is 0 Å². The third kappa shape index (κ3) is 3.27. The fraction of sp³-hybridized carbons (Fsp3) is 0.471. The lowest BCUT2D eigenvalue weighted by Crippen LogP contribution is -2.29. The lowest BCUT2D eigenvalue weighted by atomic mass is 9.99. The normalized spacial score (nSPS) is 20.1. The SMILES string of the molecule is Cc1ccncc1CCNC(=O)c1n[nH]c2c1C[C@@H](C)O[C@H]2C. The summed E-state index contributed by atoms with van der Waals surface area (Å²) in [4.78, 5) is 16.5. The number of carbonyl (C=O) groups excluding carboxylic acids is 1. The summed E-state index contributed by atoms with van der Waals surface area (Å²) in [7, 11) is 0. The first-order valence-corrected chi connectivity index (χ1v) is 7.96. The Bertz CT molecular complexity index is 710. The number of pyridine rings is 1. The highest BCUT2D eigenvalue weighted by Crippen LogP contribution is 2.29. The maximum absolute atomic E-state index is 12.4. The summed E-state index contributed by atoms with van der Waals surface area (Å²) in [5.74, 6) is -0.134. The van der Waals surface area contributed by atoms with Gasteiger partial charge in [-0.15, -0.1) is 0 Å². The van der Waals surface area contributed by atoms with Gasteiger partial charge >= 0.3 is 0 Å². The highest BCUT2D eigenvalue weighted by molar-refractivity contribution is 5.94. The van der Waals surface area contributed by atoms with Crippen LogP contribution in [-0.4, -0.2) is 33.7 Å². The zero-order valence-corrected chi connectivity index (χ0v) is 13.7. The molecule has 2 N–H and O–H groups in total. The van der Waals surface area contributed by atoms with Crippen molar-refractivity contribution in [2.24, 2.45) is 0 Å². The van der Waals surface area contributed by atoms with Crippen LogP contribution in [0.25, 0.3) is 0 Å². The molecule has 6 nitrogen and oxygen atoms in total. The maximum atomic E-state index is 12.4. The van der Waals surface area contributed by atoms with E-state index in [0.29, 0.717) is 18.7 Å². The van der Waals surface area contributed by atoms with Crippen molar-refractivity contribution < 1.29 is 9.53 Å². The van der Waals surface area contributed by atoms with Gasteiger partial charge in [-0.1, -0.05) is 0 Å². The first-order chi connectivity index (χ1) is 11.1. The van der Waals surface area contributed by atoms with E-state index < -0.39 is 0 Å². The van der Waals surface area contributed by atoms with E-state index in [9.17, 15) is 4.79 Å². The van der Waals surface area contributed by atoms with Crippen LogP contribution in [0.1, 0.15) is 52.8 Å². The number of ether oxygens (including phenoxy) is 1. The van der Waals surface area contributed by atoms with Crippen molar-refractivity contribution in [3.05, 3.63) is 46.5 Å². The molecule has 23 heavy (non-hydrogen) atoms. The van der Waals surface area contributed by atoms with Crippen molar-refractivity contribution in [3.8, 4) is 0 Å². The summed E-state index contributed by atoms with van der Waals surface area (Å²) in [6.07, 6.45) is 5.13. The molecule has 122 valence electrons. The molecule has 3 heterocycles. The lowest BCUT2D eigenvalue weighted by Gasteiger charge is -2.25. The zero-order chi connectivity index (χ0) is 16.4. The van der Waals surface area contributed by atoms with E-state index in [4.69, 9.17) is 4.74 Å². The van der Waals surface area contributed by atoms with Gasteiger partial charge in [-0.05, 0) is 44.4 Å². The molecule has 0 radical (unpaired) electrons. The van der Waals surface area contributed by atoms with E-state index >= 15 is 0 Å². The van der Waals surface area contributed by atoms with Crippen LogP contribution >= 0.6 is 0 Å². The van der Waals surface area contributed by atoms with Gasteiger partial charge in [0.05, 0.1) is 17.9 Å². The molecule has 2 aromatic heterocycles. The Morgan fingerprint density at radius 2 is 2.30 bits per heavy atom. The van der Waals surface area contributed by atoms with Gasteiger partial charge in [-0.2, -0.15) is 5.10 Å². The van der Waals surface area contributed by atoms with E-state index in [0.717, 1.165) is 23.2 Å². The van der Waals surface area contributed by atoms with Gasteiger partial charge in [0.15, 0.2) is 5.69 Å². The molecule has 1 aliphatic heterocycles. The average Bonchev–Trinajstić information content (AvgIpc) is 2.93. The quantitative estimate of drug-likeness (QED) is 0.906. The molecule has 0 saturated carbocycles. The summed E-state index contributed by atoms with van der Waals surface area (Å²) in [5.41, 5.74) is 4.71. The first-order valence-electron chi connectivity index (χ1n) is 7.96. The van der Waals surface area contributed by atoms with Crippen LogP contribution < -0.4 is 5.32 Å². The predicted molar refractivity (Wildman–Crippen MR) is 86.3 cm³/mol. The Kier molecular flexibility index (Phi) is 4.43. The summed E-state index contributed by atoms with van der Waals surface area (Å²) < 4.78 is 5.75. The molecule has 6 heteroatoms. The van der Waals surface area contributed by atoms with Crippen LogP contribution in [0.2, 0.25) is 0 Å². The largest absolute Gasteiger partial charge is 0.369 e. The first kappa shape index (κ1) is 15.7. The van der Waals surface area contributed by atoms with E-state index in [-0.39, 0.29) is 18.1 Å². The number of aromatic nitrogens is 3. The molecule has 0 bridgehead atoms. The standard InChI is InChI=1S/C17H22N4O2/c1-10-4-6-18-9-13(10)5-7-19-17(22)16-14-8-11(2)23-12(3)15(14)20-21-16/h4,6,9,11-12H,5,7-8H2,1-3H3,(H,19,22)(H,20,21)/t11-,12+/m1/s1. The van der Waals surface area contributed by atoms with Crippen molar-refractivity contribution in [2.45, 2.75) is 45.8 Å². The van der Waals surface area contributed by atoms with Crippen molar-refractivity contribution in [3.63, 3.8) is 0 Å². The minimum absolute atomic E-state index is 0.0548. The summed E-state index contributed by atoms with van der Waals surface area (Å²) >= 11 is 0. The van der Waals surface area contributed by atoms with E-state index in [1.807, 2.05) is 33.0 Å². The fourth-order valence-corrected chi connectivity index (χ4v) is 3.01. The van der Waals surface area contributed by atoms with Gasteiger partial charge in [0.1, 0.15) is 0 Å². The Balaban J connectivity index is 1.65. The van der Waals surface area contributed by atoms with Gasteiger partial charge in [0.2, 0.25) is 0 Å². The van der Waals surface area contributed by atoms with Gasteiger partial charge in [0, 0.05) is 30.9 Å². The number of nitrogens with one attached hydrogen (secondary N) is 2. The second kappa shape index (κ2) is 6.50. The highest BCUT2D eigenvalue weighted by atomic mass is 16.5. The molecule has 1 aliphatic rings. The van der Waals surface area contributed by atoms with Crippen LogP contribution in [-0.2, 0) is 17.6 Å². The van der Waals surface area contributed by atoms with Crippen molar-refractivity contribution in [1.82, 2.24) is 20.5 Å². The number of nitrogens with zero attached hydrogens (tertiary/aromatic N) is 2. The average molecular weight is 314 g/mol. The number of rotatable bonds is 4. The minimum Gasteiger partial charge on any atom is -0.369 e. The monoisotopic (exact) mass is 314 g/mol. The molecule has 0 saturated heterocycles. The Labute approximate surface area is 135 Å². The second-order valence-electron chi connectivity index (χ2n) is 6.07. The van der Waals surface area contributed by atoms with Gasteiger partial charge in [-0.3, -0.25) is 14.9 Å². The third-order valence-electron chi connectivity index (χ3n) is 4.28. The molecule has 0 fully saturated rings. The van der Waals surface area contributed by atoms with Crippen molar-refractivity contribution in [2.75, 3.05) is 6.54 Å². The number of fused-ring (bicyclic) bond motifs is 1. The van der Waals surface area contributed by atoms with E-state index in [2.05, 4.69) is 20.5 Å². The summed E-state index contributed by atoms with van der Waals surface area (Å²) in [6, 6.07) is 1.98. The Morgan fingerprint density at radius 3 is 3.09 bits per heavy atom. The Hall–Kier alpha value is -2.21. The number of hydrogen-bond acceptors (Lipinski definition) is 4. The maximum Gasteiger partial charge on any atom is 0.272 e. The summed E-state index contributed by atoms with van der Waals surface area (Å²) in [5, 5.41) is 10.1. The molecule has 3 rings (SSSR count). The van der Waals surface area contributed by atoms with Crippen LogP contribution in [0.3, 0.4) is 0 Å². The molecular weight excluding hydrogens is 292 g/mol. The van der Waals surface area contributed by atoms with E-state index in [1.54, 1.807) is 6.20 Å². The topological polar surface area (TPSA) is 79.9 Å². The number of aromatic amines is 1. The number of H-pyrrole nitrogens is 1. The Morgan fingerprint density at radius 1 is 1.48 bits per heavy atom. The number of carbonyl (C=O) groups is 1. The molecule has 1 amide bonds. The summed E-state index contributed by atoms with van der Waals surface area (Å²) in [6.45, 7) is 6.60. The third-order valence-corrected chi connectivity index (χ3v) is 4.28. The predicted octanol–water partition coefficient (Wildman–Crippen LogP) is 2.11. The fourth-order valence-electron chi connectivity index (χ4n) is 3.01. The molecule has 2 atom stereocenters. The van der Waals surface area contributed by atoms with Gasteiger partial charge in [0.25, 0.3) is 5.91 Å². The second-order valence-corrected chi connectivity index (χ2v) is 6.07. The van der Waals surface area contributed by atoms with Crippen LogP contribution in [0.15, 0.2) is 18.5 Å². The minimum atomic E-state index is -0.134. The molecule has 0 unspecified atom stereocenters. The van der Waals surface area contributed by atoms with Crippen molar-refractivity contribution >= 4 is 5.91 Å². The molecule has 2 aromatic rings. The van der Waals surface area contributed by atoms with Crippen molar-refractivity contribution in [1.29, 1.82) is 0 Å². The van der Waals surface area contributed by atoms with Crippen LogP contribution in [0, 0.1) is 6.92 Å². The molecule has 0 spiro atoms. The highest BCUT2D eigenvalue weighted by Gasteiger charge is 2.29. The zero-order valence-electron chi connectivity index (χ0n) is 13.7. The number of aryl methyl sites for hydroxylation is 1. The van der Waals surface area contributed by atoms with Gasteiger partial charge in [-0.25, -0.2) is 0 Å². The van der Waals surface area contributed by atoms with Crippen LogP contribution in [0.5, 0.6) is 0 Å². The molecule has 0 aromatic carbocycles. The smallest absolute Gasteiger partial charge is 0.272 e. The molecule has 0 aliphatic carbocycles. The van der Waals surface area contributed by atoms with Gasteiger partial charge < -0.3 is 10.1 Å². The number of hydrogen-bond donors (Lipinski definition) is 2.